The topological polar surface area (TPSA) is 32.3 Å². The normalized spacial score (nSPS) is 33.0. The highest BCUT2D eigenvalue weighted by Crippen LogP contribution is 2.30. The summed E-state index contributed by atoms with van der Waals surface area (Å²) in [5.74, 6) is 2.22. The van der Waals surface area contributed by atoms with Gasteiger partial charge in [0.2, 0.25) is 0 Å². The average Bonchev–Trinajstić information content (AvgIpc) is 2.23. The van der Waals surface area contributed by atoms with Crippen LogP contribution < -0.4 is 5.32 Å². The van der Waals surface area contributed by atoms with Crippen molar-refractivity contribution >= 4 is 0 Å². The molecule has 0 heterocycles. The molecular weight excluding hydrogens is 198 g/mol. The van der Waals surface area contributed by atoms with Gasteiger partial charge >= 0.3 is 0 Å². The Kier molecular flexibility index (Phi) is 5.77. The summed E-state index contributed by atoms with van der Waals surface area (Å²) in [4.78, 5) is 0. The van der Waals surface area contributed by atoms with Gasteiger partial charge in [-0.2, -0.15) is 0 Å². The summed E-state index contributed by atoms with van der Waals surface area (Å²) >= 11 is 0. The van der Waals surface area contributed by atoms with Crippen LogP contribution in [0.5, 0.6) is 0 Å². The highest BCUT2D eigenvalue weighted by atomic mass is 16.3. The summed E-state index contributed by atoms with van der Waals surface area (Å²) in [5.41, 5.74) is 0. The number of aliphatic hydroxyl groups is 1. The first-order chi connectivity index (χ1) is 7.54. The van der Waals surface area contributed by atoms with E-state index in [-0.39, 0.29) is 12.6 Å². The maximum Gasteiger partial charge on any atom is 0.0584 e. The molecule has 1 aliphatic carbocycles. The van der Waals surface area contributed by atoms with Crippen LogP contribution in [0.4, 0.5) is 0 Å². The summed E-state index contributed by atoms with van der Waals surface area (Å²) < 4.78 is 0. The first-order valence-electron chi connectivity index (χ1n) is 6.91. The fourth-order valence-corrected chi connectivity index (χ4v) is 2.88. The molecule has 0 saturated heterocycles. The lowest BCUT2D eigenvalue weighted by molar-refractivity contribution is 0.155. The molecule has 2 nitrogen and oxygen atoms in total. The van der Waals surface area contributed by atoms with Crippen molar-refractivity contribution in [1.29, 1.82) is 0 Å². The summed E-state index contributed by atoms with van der Waals surface area (Å²) in [6.07, 6.45) is 5.06. The summed E-state index contributed by atoms with van der Waals surface area (Å²) in [5, 5.41) is 13.1. The molecule has 0 radical (unpaired) electrons. The van der Waals surface area contributed by atoms with Gasteiger partial charge in [-0.25, -0.2) is 0 Å². The van der Waals surface area contributed by atoms with Gasteiger partial charge in [0.15, 0.2) is 0 Å². The zero-order chi connectivity index (χ0) is 12.1. The van der Waals surface area contributed by atoms with Gasteiger partial charge in [0, 0.05) is 12.1 Å². The van der Waals surface area contributed by atoms with Gasteiger partial charge in [-0.1, -0.05) is 40.5 Å². The predicted octanol–water partition coefficient (Wildman–Crippen LogP) is 2.81. The third-order valence-electron chi connectivity index (χ3n) is 4.13. The number of aliphatic hydroxyl groups excluding tert-OH is 1. The Labute approximate surface area is 101 Å². The number of nitrogens with one attached hydrogen (secondary N) is 1. The quantitative estimate of drug-likeness (QED) is 0.757. The van der Waals surface area contributed by atoms with E-state index in [1.165, 1.54) is 19.3 Å². The Hall–Kier alpha value is -0.0800. The first kappa shape index (κ1) is 14.0. The Morgan fingerprint density at radius 3 is 2.50 bits per heavy atom. The van der Waals surface area contributed by atoms with Gasteiger partial charge in [0.1, 0.15) is 0 Å². The van der Waals surface area contributed by atoms with Gasteiger partial charge in [-0.15, -0.1) is 0 Å². The Morgan fingerprint density at radius 2 is 1.94 bits per heavy atom. The summed E-state index contributed by atoms with van der Waals surface area (Å²) in [6.45, 7) is 9.42. The van der Waals surface area contributed by atoms with Gasteiger partial charge in [0.25, 0.3) is 0 Å². The fourth-order valence-electron chi connectivity index (χ4n) is 2.88. The minimum atomic E-state index is 0.274. The zero-order valence-corrected chi connectivity index (χ0v) is 11.4. The van der Waals surface area contributed by atoms with Crippen LogP contribution in [0, 0.1) is 17.8 Å². The monoisotopic (exact) mass is 227 g/mol. The van der Waals surface area contributed by atoms with Crippen LogP contribution in [-0.4, -0.2) is 23.8 Å². The maximum atomic E-state index is 9.40. The molecule has 4 atom stereocenters. The second kappa shape index (κ2) is 6.61. The van der Waals surface area contributed by atoms with Crippen LogP contribution in [0.25, 0.3) is 0 Å². The van der Waals surface area contributed by atoms with E-state index in [1.807, 2.05) is 0 Å². The van der Waals surface area contributed by atoms with Crippen molar-refractivity contribution in [3.05, 3.63) is 0 Å². The largest absolute Gasteiger partial charge is 0.395 e. The van der Waals surface area contributed by atoms with Crippen molar-refractivity contribution < 1.29 is 5.11 Å². The smallest absolute Gasteiger partial charge is 0.0584 e. The molecule has 1 saturated carbocycles. The zero-order valence-electron chi connectivity index (χ0n) is 11.4. The average molecular weight is 227 g/mol. The molecule has 96 valence electrons. The van der Waals surface area contributed by atoms with Crippen LogP contribution in [0.2, 0.25) is 0 Å². The van der Waals surface area contributed by atoms with E-state index >= 15 is 0 Å². The van der Waals surface area contributed by atoms with Gasteiger partial charge < -0.3 is 10.4 Å². The number of rotatable bonds is 5. The molecular formula is C14H29NO. The highest BCUT2D eigenvalue weighted by Gasteiger charge is 2.28. The van der Waals surface area contributed by atoms with E-state index in [9.17, 15) is 5.11 Å². The lowest BCUT2D eigenvalue weighted by Crippen LogP contribution is -2.47. The minimum absolute atomic E-state index is 0.274. The van der Waals surface area contributed by atoms with Crippen molar-refractivity contribution in [2.24, 2.45) is 17.8 Å². The van der Waals surface area contributed by atoms with Crippen molar-refractivity contribution in [2.75, 3.05) is 6.61 Å². The Bertz CT molecular complexity index is 193. The van der Waals surface area contributed by atoms with E-state index < -0.39 is 0 Å². The van der Waals surface area contributed by atoms with Crippen LogP contribution >= 0.6 is 0 Å². The van der Waals surface area contributed by atoms with Crippen molar-refractivity contribution in [3.8, 4) is 0 Å². The van der Waals surface area contributed by atoms with E-state index in [4.69, 9.17) is 0 Å². The molecule has 1 aliphatic rings. The summed E-state index contributed by atoms with van der Waals surface area (Å²) in [7, 11) is 0. The van der Waals surface area contributed by atoms with E-state index in [0.717, 1.165) is 18.3 Å². The van der Waals surface area contributed by atoms with E-state index in [0.29, 0.717) is 12.0 Å². The molecule has 0 spiro atoms. The highest BCUT2D eigenvalue weighted by molar-refractivity contribution is 4.85. The van der Waals surface area contributed by atoms with Gasteiger partial charge in [0.05, 0.1) is 6.61 Å². The molecule has 0 aromatic rings. The van der Waals surface area contributed by atoms with Crippen molar-refractivity contribution in [1.82, 2.24) is 5.32 Å². The molecule has 16 heavy (non-hydrogen) atoms. The lowest BCUT2D eigenvalue weighted by Gasteiger charge is -2.37. The molecule has 0 aliphatic heterocycles. The Morgan fingerprint density at radius 1 is 1.25 bits per heavy atom. The van der Waals surface area contributed by atoms with Crippen molar-refractivity contribution in [2.45, 2.75) is 65.5 Å². The first-order valence-corrected chi connectivity index (χ1v) is 6.91. The van der Waals surface area contributed by atoms with Crippen LogP contribution in [0.1, 0.15) is 53.4 Å². The maximum absolute atomic E-state index is 9.40. The lowest BCUT2D eigenvalue weighted by atomic mass is 9.77. The molecule has 0 amide bonds. The molecule has 0 bridgehead atoms. The molecule has 0 aromatic carbocycles. The molecule has 0 aromatic heterocycles. The van der Waals surface area contributed by atoms with E-state index in [1.54, 1.807) is 0 Å². The molecule has 4 unspecified atom stereocenters. The van der Waals surface area contributed by atoms with Crippen LogP contribution in [0.3, 0.4) is 0 Å². The Balaban J connectivity index is 2.43. The fraction of sp³-hybridized carbons (Fsp3) is 1.00. The number of hydrogen-bond acceptors (Lipinski definition) is 2. The van der Waals surface area contributed by atoms with Crippen LogP contribution in [0.15, 0.2) is 0 Å². The van der Waals surface area contributed by atoms with Gasteiger partial charge in [-0.3, -0.25) is 0 Å². The number of hydrogen-bond donors (Lipinski definition) is 2. The molecule has 2 heteroatoms. The SMILES string of the molecule is CC(C)CC(CO)NC1CCCC(C)C1C. The second-order valence-electron chi connectivity index (χ2n) is 6.05. The molecule has 1 rings (SSSR count). The third kappa shape index (κ3) is 4.06. The summed E-state index contributed by atoms with van der Waals surface area (Å²) in [6, 6.07) is 0.900. The second-order valence-corrected chi connectivity index (χ2v) is 6.05. The van der Waals surface area contributed by atoms with Gasteiger partial charge in [-0.05, 0) is 30.6 Å². The minimum Gasteiger partial charge on any atom is -0.395 e. The van der Waals surface area contributed by atoms with E-state index in [2.05, 4.69) is 33.0 Å². The van der Waals surface area contributed by atoms with Crippen LogP contribution in [-0.2, 0) is 0 Å². The molecule has 1 fully saturated rings. The van der Waals surface area contributed by atoms with Crippen molar-refractivity contribution in [3.63, 3.8) is 0 Å². The third-order valence-corrected chi connectivity index (χ3v) is 4.13. The molecule has 2 N–H and O–H groups in total. The standard InChI is InChI=1S/C14H29NO/c1-10(2)8-13(9-16)15-14-7-5-6-11(3)12(14)4/h10-16H,5-9H2,1-4H3. The predicted molar refractivity (Wildman–Crippen MR) is 69.4 cm³/mol.